The molecule has 0 spiro atoms. The second-order valence-electron chi connectivity index (χ2n) is 1.29. The van der Waals surface area contributed by atoms with Gasteiger partial charge in [-0.25, -0.2) is 0 Å². The molecule has 45 valence electrons. The van der Waals surface area contributed by atoms with Crippen molar-refractivity contribution in [2.75, 3.05) is 5.75 Å². The maximum Gasteiger partial charge on any atom is 0.264 e. The summed E-state index contributed by atoms with van der Waals surface area (Å²) in [6.45, 7) is 1.69. The zero-order valence-electron chi connectivity index (χ0n) is 5.09. The van der Waals surface area contributed by atoms with Gasteiger partial charge < -0.3 is 0 Å². The summed E-state index contributed by atoms with van der Waals surface area (Å²) in [5.74, 6) is -0.132. The molecule has 0 heterocycles. The van der Waals surface area contributed by atoms with E-state index in [4.69, 9.17) is 4.55 Å². The fourth-order valence-corrected chi connectivity index (χ4v) is 0.774. The third-order valence-corrected chi connectivity index (χ3v) is 1.39. The van der Waals surface area contributed by atoms with Crippen LogP contribution in [0.15, 0.2) is 0 Å². The van der Waals surface area contributed by atoms with Crippen LogP contribution in [0.5, 0.6) is 0 Å². The fourth-order valence-electron chi connectivity index (χ4n) is 0.258. The van der Waals surface area contributed by atoms with E-state index >= 15 is 0 Å². The van der Waals surface area contributed by atoms with Crippen LogP contribution in [0.4, 0.5) is 0 Å². The Morgan fingerprint density at radius 1 is 1.50 bits per heavy atom. The van der Waals surface area contributed by atoms with Crippen molar-refractivity contribution in [2.45, 2.75) is 13.3 Å². The van der Waals surface area contributed by atoms with Gasteiger partial charge in [0.05, 0.1) is 5.75 Å². The molecule has 0 aliphatic heterocycles. The van der Waals surface area contributed by atoms with Crippen LogP contribution in [0.1, 0.15) is 13.3 Å². The molecule has 1 radical (unpaired) electrons. The predicted octanol–water partition coefficient (Wildman–Crippen LogP) is -0.0966. The van der Waals surface area contributed by atoms with E-state index in [1.807, 2.05) is 0 Å². The summed E-state index contributed by atoms with van der Waals surface area (Å²) in [5, 5.41) is 0. The van der Waals surface area contributed by atoms with E-state index in [0.717, 1.165) is 0 Å². The van der Waals surface area contributed by atoms with E-state index in [2.05, 4.69) is 0 Å². The van der Waals surface area contributed by atoms with E-state index in [9.17, 15) is 8.42 Å². The van der Waals surface area contributed by atoms with Crippen molar-refractivity contribution in [1.82, 2.24) is 0 Å². The number of hydrogen-bond donors (Lipinski definition) is 1. The Morgan fingerprint density at radius 2 is 1.88 bits per heavy atom. The van der Waals surface area contributed by atoms with Crippen LogP contribution < -0.4 is 0 Å². The van der Waals surface area contributed by atoms with Crippen LogP contribution in [0.25, 0.3) is 0 Å². The number of rotatable bonds is 2. The second kappa shape index (κ2) is 4.39. The molecule has 5 heteroatoms. The molecule has 0 aliphatic rings. The summed E-state index contributed by atoms with van der Waals surface area (Å²) in [5.41, 5.74) is 0. The van der Waals surface area contributed by atoms with Gasteiger partial charge in [0.2, 0.25) is 0 Å². The Hall–Kier alpha value is 0.507. The van der Waals surface area contributed by atoms with E-state index in [0.29, 0.717) is 6.42 Å². The first-order chi connectivity index (χ1) is 3.06. The summed E-state index contributed by atoms with van der Waals surface area (Å²) < 4.78 is 27.6. The molecule has 0 atom stereocenters. The number of hydrogen-bond acceptors (Lipinski definition) is 2. The summed E-state index contributed by atoms with van der Waals surface area (Å²) in [7, 11) is -3.67. The molecule has 1 N–H and O–H groups in total. The van der Waals surface area contributed by atoms with E-state index in [1.165, 1.54) is 0 Å². The Labute approximate surface area is 61.4 Å². The van der Waals surface area contributed by atoms with Crippen LogP contribution in [-0.4, -0.2) is 37.6 Å². The molecule has 8 heavy (non-hydrogen) atoms. The molecule has 0 aromatic rings. The van der Waals surface area contributed by atoms with Crippen LogP contribution in [0.2, 0.25) is 0 Å². The molecule has 0 saturated heterocycles. The van der Waals surface area contributed by atoms with Crippen LogP contribution in [-0.2, 0) is 10.1 Å². The molecule has 0 aliphatic carbocycles. The first-order valence-corrected chi connectivity index (χ1v) is 3.62. The standard InChI is InChI=1S/C3H8O3S.Li/c1-2-3-7(4,5)6;/h2-3H2,1H3,(H,4,5,6);. The smallest absolute Gasteiger partial charge is 0.264 e. The fraction of sp³-hybridized carbons (Fsp3) is 1.00. The topological polar surface area (TPSA) is 54.4 Å². The van der Waals surface area contributed by atoms with Crippen molar-refractivity contribution in [3.8, 4) is 0 Å². The van der Waals surface area contributed by atoms with Gasteiger partial charge in [-0.1, -0.05) is 6.92 Å². The Balaban J connectivity index is 0. The summed E-state index contributed by atoms with van der Waals surface area (Å²) in [6.07, 6.45) is 0.471. The van der Waals surface area contributed by atoms with Crippen molar-refractivity contribution in [1.29, 1.82) is 0 Å². The van der Waals surface area contributed by atoms with Gasteiger partial charge in [0.25, 0.3) is 10.1 Å². The van der Waals surface area contributed by atoms with Gasteiger partial charge in [0.15, 0.2) is 0 Å². The second-order valence-corrected chi connectivity index (χ2v) is 2.86. The zero-order valence-corrected chi connectivity index (χ0v) is 5.90. The summed E-state index contributed by atoms with van der Waals surface area (Å²) in [4.78, 5) is 0. The Morgan fingerprint density at radius 3 is 1.88 bits per heavy atom. The first-order valence-electron chi connectivity index (χ1n) is 2.01. The molecule has 0 fully saturated rings. The molecule has 0 bridgehead atoms. The molecular formula is C3H8LiO3S. The van der Waals surface area contributed by atoms with Crippen LogP contribution >= 0.6 is 0 Å². The van der Waals surface area contributed by atoms with Gasteiger partial charge in [0.1, 0.15) is 0 Å². The van der Waals surface area contributed by atoms with Crippen molar-refractivity contribution in [3.05, 3.63) is 0 Å². The molecular weight excluding hydrogens is 123 g/mol. The monoisotopic (exact) mass is 131 g/mol. The average molecular weight is 131 g/mol. The zero-order chi connectivity index (χ0) is 5.91. The van der Waals surface area contributed by atoms with Gasteiger partial charge in [0, 0.05) is 18.9 Å². The van der Waals surface area contributed by atoms with Gasteiger partial charge >= 0.3 is 0 Å². The Bertz CT molecular complexity index is 127. The van der Waals surface area contributed by atoms with Crippen molar-refractivity contribution in [2.24, 2.45) is 0 Å². The van der Waals surface area contributed by atoms with E-state index < -0.39 is 10.1 Å². The molecule has 3 nitrogen and oxygen atoms in total. The third kappa shape index (κ3) is 9.72. The van der Waals surface area contributed by atoms with Crippen molar-refractivity contribution < 1.29 is 13.0 Å². The van der Waals surface area contributed by atoms with E-state index in [1.54, 1.807) is 6.92 Å². The minimum absolute atomic E-state index is 0. The molecule has 0 saturated carbocycles. The largest absolute Gasteiger partial charge is 0.286 e. The maximum absolute atomic E-state index is 9.79. The van der Waals surface area contributed by atoms with Gasteiger partial charge in [-0.2, -0.15) is 8.42 Å². The molecule has 0 unspecified atom stereocenters. The maximum atomic E-state index is 9.79. The molecule has 0 amide bonds. The quantitative estimate of drug-likeness (QED) is 0.420. The predicted molar refractivity (Wildman–Crippen MR) is 32.5 cm³/mol. The minimum atomic E-state index is -3.67. The van der Waals surface area contributed by atoms with Crippen molar-refractivity contribution >= 4 is 29.0 Å². The Kier molecular flexibility index (Phi) is 6.22. The molecule has 0 aromatic heterocycles. The van der Waals surface area contributed by atoms with E-state index in [-0.39, 0.29) is 24.6 Å². The SMILES string of the molecule is CCCS(=O)(=O)O.[Li]. The first kappa shape index (κ1) is 11.3. The normalized spacial score (nSPS) is 10.2. The van der Waals surface area contributed by atoms with Gasteiger partial charge in [-0.3, -0.25) is 4.55 Å². The summed E-state index contributed by atoms with van der Waals surface area (Å²) in [6, 6.07) is 0. The van der Waals surface area contributed by atoms with Gasteiger partial charge in [-0.15, -0.1) is 0 Å². The third-order valence-electron chi connectivity index (χ3n) is 0.462. The molecule has 0 aromatic carbocycles. The summed E-state index contributed by atoms with van der Waals surface area (Å²) >= 11 is 0. The minimum Gasteiger partial charge on any atom is -0.286 e. The van der Waals surface area contributed by atoms with Crippen molar-refractivity contribution in [3.63, 3.8) is 0 Å². The molecule has 0 rings (SSSR count). The van der Waals surface area contributed by atoms with Crippen LogP contribution in [0.3, 0.4) is 0 Å². The average Bonchev–Trinajstić information content (AvgIpc) is 1.30. The van der Waals surface area contributed by atoms with Crippen LogP contribution in [0, 0.1) is 0 Å². The van der Waals surface area contributed by atoms with Gasteiger partial charge in [-0.05, 0) is 6.42 Å².